The van der Waals surface area contributed by atoms with Crippen LogP contribution < -0.4 is 0 Å². The standard InChI is InChI=1S/C10H13N3OS2/c1-6(2)8-12-9(14-13-8)7(3)16-10-11-4-5-15-10/h4-7H,1-3H3. The van der Waals surface area contributed by atoms with Crippen LogP contribution in [-0.4, -0.2) is 15.1 Å². The van der Waals surface area contributed by atoms with E-state index in [9.17, 15) is 0 Å². The first-order valence-corrected chi connectivity index (χ1v) is 6.82. The average molecular weight is 255 g/mol. The van der Waals surface area contributed by atoms with Crippen LogP contribution in [-0.2, 0) is 0 Å². The van der Waals surface area contributed by atoms with Gasteiger partial charge in [-0.3, -0.25) is 0 Å². The minimum atomic E-state index is 0.145. The second-order valence-corrected chi connectivity index (χ2v) is 6.19. The molecule has 1 unspecified atom stereocenters. The molecule has 2 aromatic rings. The third-order valence-electron chi connectivity index (χ3n) is 2.01. The molecule has 0 aliphatic heterocycles. The quantitative estimate of drug-likeness (QED) is 0.783. The molecule has 0 aliphatic rings. The molecule has 0 spiro atoms. The van der Waals surface area contributed by atoms with Gasteiger partial charge in [0.15, 0.2) is 10.2 Å². The molecule has 0 saturated carbocycles. The molecule has 2 aromatic heterocycles. The van der Waals surface area contributed by atoms with E-state index >= 15 is 0 Å². The van der Waals surface area contributed by atoms with Crippen LogP contribution in [0.4, 0.5) is 0 Å². The fourth-order valence-electron chi connectivity index (χ4n) is 1.12. The Morgan fingerprint density at radius 3 is 2.75 bits per heavy atom. The van der Waals surface area contributed by atoms with Crippen LogP contribution in [0.3, 0.4) is 0 Å². The maximum Gasteiger partial charge on any atom is 0.239 e. The Hall–Kier alpha value is -0.880. The fraction of sp³-hybridized carbons (Fsp3) is 0.500. The lowest BCUT2D eigenvalue weighted by atomic mass is 10.2. The molecule has 0 N–H and O–H groups in total. The van der Waals surface area contributed by atoms with Crippen molar-refractivity contribution >= 4 is 23.1 Å². The Bertz CT molecular complexity index is 439. The van der Waals surface area contributed by atoms with Gasteiger partial charge in [0.25, 0.3) is 0 Å². The van der Waals surface area contributed by atoms with Crippen molar-refractivity contribution in [1.29, 1.82) is 0 Å². The van der Waals surface area contributed by atoms with Gasteiger partial charge in [-0.05, 0) is 6.92 Å². The van der Waals surface area contributed by atoms with Gasteiger partial charge in [0.05, 0.1) is 5.25 Å². The third kappa shape index (κ3) is 2.62. The van der Waals surface area contributed by atoms with E-state index in [4.69, 9.17) is 4.52 Å². The first-order chi connectivity index (χ1) is 7.66. The van der Waals surface area contributed by atoms with Gasteiger partial charge < -0.3 is 4.52 Å². The second-order valence-electron chi connectivity index (χ2n) is 3.70. The summed E-state index contributed by atoms with van der Waals surface area (Å²) in [6, 6.07) is 0. The molecule has 86 valence electrons. The van der Waals surface area contributed by atoms with E-state index in [0.29, 0.717) is 11.8 Å². The first-order valence-electron chi connectivity index (χ1n) is 5.06. The van der Waals surface area contributed by atoms with Crippen molar-refractivity contribution in [2.45, 2.75) is 36.3 Å². The molecule has 0 bridgehead atoms. The molecule has 2 heterocycles. The predicted molar refractivity (Wildman–Crippen MR) is 64.8 cm³/mol. The lowest BCUT2D eigenvalue weighted by Gasteiger charge is -2.01. The molecule has 0 radical (unpaired) electrons. The molecule has 4 nitrogen and oxygen atoms in total. The molecule has 16 heavy (non-hydrogen) atoms. The Morgan fingerprint density at radius 1 is 1.38 bits per heavy atom. The molecular weight excluding hydrogens is 242 g/mol. The van der Waals surface area contributed by atoms with E-state index in [2.05, 4.69) is 15.1 Å². The molecule has 6 heteroatoms. The van der Waals surface area contributed by atoms with Gasteiger partial charge >= 0.3 is 0 Å². The van der Waals surface area contributed by atoms with Crippen molar-refractivity contribution in [1.82, 2.24) is 15.1 Å². The minimum Gasteiger partial charge on any atom is -0.338 e. The fourth-order valence-corrected chi connectivity index (χ4v) is 2.92. The molecule has 0 aromatic carbocycles. The highest BCUT2D eigenvalue weighted by Gasteiger charge is 2.17. The van der Waals surface area contributed by atoms with Crippen LogP contribution in [0.15, 0.2) is 20.4 Å². The van der Waals surface area contributed by atoms with Gasteiger partial charge in [0, 0.05) is 17.5 Å². The van der Waals surface area contributed by atoms with Crippen LogP contribution in [0.25, 0.3) is 0 Å². The van der Waals surface area contributed by atoms with E-state index < -0.39 is 0 Å². The van der Waals surface area contributed by atoms with Crippen molar-refractivity contribution < 1.29 is 4.52 Å². The van der Waals surface area contributed by atoms with Crippen molar-refractivity contribution in [2.24, 2.45) is 0 Å². The number of nitrogens with zero attached hydrogens (tertiary/aromatic N) is 3. The van der Waals surface area contributed by atoms with Gasteiger partial charge in [-0.1, -0.05) is 30.8 Å². The van der Waals surface area contributed by atoms with Crippen LogP contribution in [0.1, 0.15) is 43.7 Å². The maximum absolute atomic E-state index is 5.23. The molecule has 0 aliphatic carbocycles. The van der Waals surface area contributed by atoms with Crippen LogP contribution in [0.2, 0.25) is 0 Å². The van der Waals surface area contributed by atoms with E-state index in [1.807, 2.05) is 26.2 Å². The highest BCUT2D eigenvalue weighted by molar-refractivity contribution is 8.01. The van der Waals surface area contributed by atoms with Crippen molar-refractivity contribution in [3.63, 3.8) is 0 Å². The van der Waals surface area contributed by atoms with Gasteiger partial charge in [-0.2, -0.15) is 4.98 Å². The van der Waals surface area contributed by atoms with E-state index in [0.717, 1.165) is 10.2 Å². The normalized spacial score (nSPS) is 13.2. The largest absolute Gasteiger partial charge is 0.338 e. The van der Waals surface area contributed by atoms with Crippen LogP contribution >= 0.6 is 23.1 Å². The van der Waals surface area contributed by atoms with E-state index in [1.54, 1.807) is 29.3 Å². The van der Waals surface area contributed by atoms with Crippen LogP contribution in [0.5, 0.6) is 0 Å². The number of rotatable bonds is 4. The summed E-state index contributed by atoms with van der Waals surface area (Å²) in [5.41, 5.74) is 0. The molecule has 1 atom stereocenters. The molecule has 0 fully saturated rings. The summed E-state index contributed by atoms with van der Waals surface area (Å²) >= 11 is 3.26. The van der Waals surface area contributed by atoms with E-state index in [-0.39, 0.29) is 5.25 Å². The average Bonchev–Trinajstić information content (AvgIpc) is 2.86. The van der Waals surface area contributed by atoms with Gasteiger partial charge in [-0.15, -0.1) is 11.3 Å². The Kier molecular flexibility index (Phi) is 3.60. The number of thioether (sulfide) groups is 1. The number of hydrogen-bond acceptors (Lipinski definition) is 6. The lowest BCUT2D eigenvalue weighted by Crippen LogP contribution is -1.92. The Morgan fingerprint density at radius 2 is 2.19 bits per heavy atom. The van der Waals surface area contributed by atoms with Gasteiger partial charge in [-0.25, -0.2) is 4.98 Å². The monoisotopic (exact) mass is 255 g/mol. The van der Waals surface area contributed by atoms with Gasteiger partial charge in [0.2, 0.25) is 5.89 Å². The molecule has 0 amide bonds. The minimum absolute atomic E-state index is 0.145. The van der Waals surface area contributed by atoms with Crippen LogP contribution in [0, 0.1) is 0 Å². The highest BCUT2D eigenvalue weighted by atomic mass is 32.2. The summed E-state index contributed by atoms with van der Waals surface area (Å²) in [4.78, 5) is 8.58. The summed E-state index contributed by atoms with van der Waals surface area (Å²) < 4.78 is 6.26. The predicted octanol–water partition coefficient (Wildman–Crippen LogP) is 3.50. The summed E-state index contributed by atoms with van der Waals surface area (Å²) in [5, 5.41) is 6.05. The second kappa shape index (κ2) is 4.97. The lowest BCUT2D eigenvalue weighted by molar-refractivity contribution is 0.373. The number of thiazole rings is 1. The summed E-state index contributed by atoms with van der Waals surface area (Å²) in [7, 11) is 0. The van der Waals surface area contributed by atoms with Gasteiger partial charge in [0.1, 0.15) is 0 Å². The molecule has 2 rings (SSSR count). The Labute approximate surface area is 102 Å². The zero-order valence-corrected chi connectivity index (χ0v) is 11.0. The zero-order valence-electron chi connectivity index (χ0n) is 9.38. The van der Waals surface area contributed by atoms with Crippen molar-refractivity contribution in [2.75, 3.05) is 0 Å². The third-order valence-corrected chi connectivity index (χ3v) is 4.01. The zero-order chi connectivity index (χ0) is 11.5. The number of hydrogen-bond donors (Lipinski definition) is 0. The molecular formula is C10H13N3OS2. The van der Waals surface area contributed by atoms with Crippen molar-refractivity contribution in [3.05, 3.63) is 23.3 Å². The Balaban J connectivity index is 2.06. The topological polar surface area (TPSA) is 51.8 Å². The smallest absolute Gasteiger partial charge is 0.239 e. The van der Waals surface area contributed by atoms with E-state index in [1.165, 1.54) is 0 Å². The number of aromatic nitrogens is 3. The summed E-state index contributed by atoms with van der Waals surface area (Å²) in [5.74, 6) is 1.74. The van der Waals surface area contributed by atoms with Crippen molar-refractivity contribution in [3.8, 4) is 0 Å². The highest BCUT2D eigenvalue weighted by Crippen LogP contribution is 2.35. The summed E-state index contributed by atoms with van der Waals surface area (Å²) in [6.45, 7) is 6.14. The maximum atomic E-state index is 5.23. The summed E-state index contributed by atoms with van der Waals surface area (Å²) in [6.07, 6.45) is 1.80. The molecule has 0 saturated heterocycles. The SMILES string of the molecule is CC(C)c1noc(C(C)Sc2nccs2)n1. The first kappa shape index (κ1) is 11.6.